The summed E-state index contributed by atoms with van der Waals surface area (Å²) in [5, 5.41) is 11.4. The molecule has 2 atom stereocenters. The van der Waals surface area contributed by atoms with Gasteiger partial charge in [-0.25, -0.2) is 13.6 Å². The molecule has 4 nitrogen and oxygen atoms in total. The highest BCUT2D eigenvalue weighted by Gasteiger charge is 2.25. The zero-order chi connectivity index (χ0) is 15.3. The van der Waals surface area contributed by atoms with Crippen LogP contribution in [0, 0.1) is 5.92 Å². The normalized spacial score (nSPS) is 13.8. The Kier molecular flexibility index (Phi) is 5.61. The molecule has 0 saturated carbocycles. The molecule has 0 radical (unpaired) electrons. The fourth-order valence-corrected chi connectivity index (χ4v) is 1.72. The highest BCUT2D eigenvalue weighted by Crippen LogP contribution is 2.19. The lowest BCUT2D eigenvalue weighted by molar-refractivity contribution is -0.140. The molecule has 0 bridgehead atoms. The summed E-state index contributed by atoms with van der Waals surface area (Å²) >= 11 is 0. The maximum Gasteiger partial charge on any atom is 0.326 e. The number of amides is 1. The number of carboxylic acids is 1. The molecule has 6 heteroatoms. The van der Waals surface area contributed by atoms with Crippen LogP contribution in [0.25, 0.3) is 0 Å². The highest BCUT2D eigenvalue weighted by atomic mass is 19.3. The van der Waals surface area contributed by atoms with E-state index in [9.17, 15) is 18.4 Å². The van der Waals surface area contributed by atoms with Gasteiger partial charge in [0.25, 0.3) is 12.3 Å². The Bertz CT molecular complexity index is 491. The molecule has 0 heterocycles. The van der Waals surface area contributed by atoms with Crippen LogP contribution >= 0.6 is 0 Å². The van der Waals surface area contributed by atoms with Gasteiger partial charge in [0.05, 0.1) is 0 Å². The molecule has 0 saturated heterocycles. The Morgan fingerprint density at radius 3 is 2.50 bits per heavy atom. The molecule has 0 aromatic heterocycles. The molecule has 0 spiro atoms. The first-order valence-electron chi connectivity index (χ1n) is 6.28. The predicted molar refractivity (Wildman–Crippen MR) is 69.7 cm³/mol. The van der Waals surface area contributed by atoms with E-state index in [0.717, 1.165) is 6.07 Å². The second-order valence-electron chi connectivity index (χ2n) is 4.60. The minimum atomic E-state index is -2.67. The van der Waals surface area contributed by atoms with E-state index in [1.165, 1.54) is 18.2 Å². The number of alkyl halides is 2. The number of hydrogen-bond acceptors (Lipinski definition) is 2. The van der Waals surface area contributed by atoms with Crippen molar-refractivity contribution in [2.75, 3.05) is 0 Å². The number of rotatable bonds is 6. The van der Waals surface area contributed by atoms with Gasteiger partial charge in [-0.1, -0.05) is 32.4 Å². The molecular formula is C14H17F2NO3. The van der Waals surface area contributed by atoms with Crippen LogP contribution in [-0.2, 0) is 4.79 Å². The Labute approximate surface area is 115 Å². The lowest BCUT2D eigenvalue weighted by Gasteiger charge is -2.20. The Balaban J connectivity index is 2.89. The third-order valence-corrected chi connectivity index (χ3v) is 3.17. The van der Waals surface area contributed by atoms with Crippen LogP contribution in [0.3, 0.4) is 0 Å². The molecule has 0 fully saturated rings. The van der Waals surface area contributed by atoms with Crippen molar-refractivity contribution in [1.29, 1.82) is 0 Å². The first-order valence-corrected chi connectivity index (χ1v) is 6.28. The largest absolute Gasteiger partial charge is 0.480 e. The summed E-state index contributed by atoms with van der Waals surface area (Å²) in [6.45, 7) is 3.51. The van der Waals surface area contributed by atoms with Crippen molar-refractivity contribution in [3.63, 3.8) is 0 Å². The van der Waals surface area contributed by atoms with Gasteiger partial charge >= 0.3 is 5.97 Å². The fourth-order valence-electron chi connectivity index (χ4n) is 1.72. The number of halogens is 2. The lowest BCUT2D eigenvalue weighted by Crippen LogP contribution is -2.45. The molecule has 0 unspecified atom stereocenters. The molecule has 0 aliphatic heterocycles. The van der Waals surface area contributed by atoms with Gasteiger partial charge in [0.15, 0.2) is 0 Å². The third kappa shape index (κ3) is 4.01. The van der Waals surface area contributed by atoms with Crippen LogP contribution in [0.15, 0.2) is 24.3 Å². The van der Waals surface area contributed by atoms with Gasteiger partial charge < -0.3 is 10.4 Å². The molecule has 0 aliphatic carbocycles. The summed E-state index contributed by atoms with van der Waals surface area (Å²) < 4.78 is 25.1. The van der Waals surface area contributed by atoms with Crippen LogP contribution < -0.4 is 5.32 Å². The van der Waals surface area contributed by atoms with Crippen molar-refractivity contribution >= 4 is 11.9 Å². The Morgan fingerprint density at radius 1 is 1.35 bits per heavy atom. The molecule has 1 amide bonds. The van der Waals surface area contributed by atoms with Crippen molar-refractivity contribution in [2.24, 2.45) is 5.92 Å². The standard InChI is InChI=1S/C14H17F2NO3/c1-3-8(2)11(14(19)20)17-13(18)10-6-4-5-9(7-10)12(15)16/h4-8,11-12H,3H2,1-2H3,(H,17,18)(H,19,20)/t8-,11-/m0/s1. The van der Waals surface area contributed by atoms with E-state index in [0.29, 0.717) is 6.42 Å². The second-order valence-corrected chi connectivity index (χ2v) is 4.60. The highest BCUT2D eigenvalue weighted by molar-refractivity contribution is 5.96. The Morgan fingerprint density at radius 2 is 2.00 bits per heavy atom. The van der Waals surface area contributed by atoms with Gasteiger partial charge in [0.2, 0.25) is 0 Å². The van der Waals surface area contributed by atoms with E-state index in [1.807, 2.05) is 6.92 Å². The summed E-state index contributed by atoms with van der Waals surface area (Å²) in [7, 11) is 0. The van der Waals surface area contributed by atoms with Gasteiger partial charge in [0, 0.05) is 11.1 Å². The number of benzene rings is 1. The molecule has 0 aliphatic rings. The number of carbonyl (C=O) groups excluding carboxylic acids is 1. The SMILES string of the molecule is CC[C@H](C)[C@H](NC(=O)c1cccc(C(F)F)c1)C(=O)O. The second kappa shape index (κ2) is 6.98. The van der Waals surface area contributed by atoms with E-state index >= 15 is 0 Å². The molecule has 1 aromatic carbocycles. The molecule has 110 valence electrons. The average molecular weight is 285 g/mol. The number of hydrogen-bond donors (Lipinski definition) is 2. The monoisotopic (exact) mass is 285 g/mol. The van der Waals surface area contributed by atoms with Crippen LogP contribution in [-0.4, -0.2) is 23.0 Å². The van der Waals surface area contributed by atoms with Crippen molar-refractivity contribution < 1.29 is 23.5 Å². The average Bonchev–Trinajstić information content (AvgIpc) is 2.43. The van der Waals surface area contributed by atoms with Crippen molar-refractivity contribution in [1.82, 2.24) is 5.32 Å². The molecule has 1 aromatic rings. The van der Waals surface area contributed by atoms with Crippen molar-refractivity contribution in [3.05, 3.63) is 35.4 Å². The van der Waals surface area contributed by atoms with Gasteiger partial charge in [-0.05, 0) is 18.1 Å². The minimum absolute atomic E-state index is 0.0253. The fraction of sp³-hybridized carbons (Fsp3) is 0.429. The van der Waals surface area contributed by atoms with Crippen LogP contribution in [0.1, 0.15) is 42.6 Å². The number of carbonyl (C=O) groups is 2. The van der Waals surface area contributed by atoms with Crippen molar-refractivity contribution in [3.8, 4) is 0 Å². The predicted octanol–water partition coefficient (Wildman–Crippen LogP) is 2.85. The molecular weight excluding hydrogens is 268 g/mol. The van der Waals surface area contributed by atoms with E-state index in [1.54, 1.807) is 6.92 Å². The molecule has 1 rings (SSSR count). The maximum absolute atomic E-state index is 12.6. The van der Waals surface area contributed by atoms with E-state index in [-0.39, 0.29) is 17.0 Å². The Hall–Kier alpha value is -1.98. The first kappa shape index (κ1) is 16.1. The molecule has 20 heavy (non-hydrogen) atoms. The van der Waals surface area contributed by atoms with E-state index in [4.69, 9.17) is 5.11 Å². The summed E-state index contributed by atoms with van der Waals surface area (Å²) in [6.07, 6.45) is -2.10. The summed E-state index contributed by atoms with van der Waals surface area (Å²) in [5.74, 6) is -2.06. The summed E-state index contributed by atoms with van der Waals surface area (Å²) in [6, 6.07) is 3.95. The van der Waals surface area contributed by atoms with Crippen LogP contribution in [0.4, 0.5) is 8.78 Å². The number of carboxylic acid groups (broad SMARTS) is 1. The topological polar surface area (TPSA) is 66.4 Å². The van der Waals surface area contributed by atoms with Gasteiger partial charge in [0.1, 0.15) is 6.04 Å². The van der Waals surface area contributed by atoms with Crippen LogP contribution in [0.2, 0.25) is 0 Å². The van der Waals surface area contributed by atoms with Gasteiger partial charge in [-0.2, -0.15) is 0 Å². The zero-order valence-corrected chi connectivity index (χ0v) is 11.3. The van der Waals surface area contributed by atoms with Crippen LogP contribution in [0.5, 0.6) is 0 Å². The summed E-state index contributed by atoms with van der Waals surface area (Å²) in [5.41, 5.74) is -0.245. The lowest BCUT2D eigenvalue weighted by atomic mass is 9.99. The van der Waals surface area contributed by atoms with E-state index < -0.39 is 24.3 Å². The maximum atomic E-state index is 12.6. The number of aliphatic carboxylic acids is 1. The first-order chi connectivity index (χ1) is 9.36. The minimum Gasteiger partial charge on any atom is -0.480 e. The number of nitrogens with one attached hydrogen (secondary N) is 1. The van der Waals surface area contributed by atoms with Gasteiger partial charge in [-0.15, -0.1) is 0 Å². The summed E-state index contributed by atoms with van der Waals surface area (Å²) in [4.78, 5) is 23.0. The van der Waals surface area contributed by atoms with Gasteiger partial charge in [-0.3, -0.25) is 4.79 Å². The third-order valence-electron chi connectivity index (χ3n) is 3.17. The zero-order valence-electron chi connectivity index (χ0n) is 11.3. The quantitative estimate of drug-likeness (QED) is 0.844. The molecule has 2 N–H and O–H groups in total. The van der Waals surface area contributed by atoms with E-state index in [2.05, 4.69) is 5.32 Å². The van der Waals surface area contributed by atoms with Crippen molar-refractivity contribution in [2.45, 2.75) is 32.7 Å². The smallest absolute Gasteiger partial charge is 0.326 e.